The van der Waals surface area contributed by atoms with Crippen LogP contribution in [0.4, 0.5) is 17.1 Å². The van der Waals surface area contributed by atoms with Crippen LogP contribution in [-0.2, 0) is 10.8 Å². The van der Waals surface area contributed by atoms with Crippen LogP contribution in [0.3, 0.4) is 0 Å². The second-order valence-electron chi connectivity index (χ2n) is 22.3. The smallest absolute Gasteiger partial charge is 0.0725 e. The molecule has 2 heteroatoms. The fraction of sp³-hybridized carbons (Fsp3) is 0.0250. The maximum Gasteiger partial charge on any atom is 0.0725 e. The molecule has 82 heavy (non-hydrogen) atoms. The summed E-state index contributed by atoms with van der Waals surface area (Å²) in [4.78, 5) is 2.43. The standard InChI is InChI=1S/C80H52N2/c1-4-20-53(21-5-1)54-36-42-60(43-37-54)81(62-46-47-76-68(52-62)67-30-14-19-35-75(67)80(76)73-33-17-12-28-65(73)66-29-13-18-34-74(66)80)61-44-38-55(39-45-61)56-40-48-77-69(50-56)70-51-58(41-49-78(70)82(77)59-24-8-3-9-25-59)79(57-22-6-2-7-23-57)71-31-15-10-26-63(71)64-27-11-16-32-72(64)79/h1-52H. The van der Waals surface area contributed by atoms with Gasteiger partial charge in [0.1, 0.15) is 0 Å². The van der Waals surface area contributed by atoms with Crippen LogP contribution in [0.15, 0.2) is 315 Å². The molecule has 0 aliphatic heterocycles. The second-order valence-corrected chi connectivity index (χ2v) is 22.3. The first-order valence-electron chi connectivity index (χ1n) is 28.6. The van der Waals surface area contributed by atoms with E-state index in [2.05, 4.69) is 325 Å². The Balaban J connectivity index is 0.822. The summed E-state index contributed by atoms with van der Waals surface area (Å²) >= 11 is 0. The van der Waals surface area contributed by atoms with Gasteiger partial charge in [0.25, 0.3) is 0 Å². The number of rotatable bonds is 8. The van der Waals surface area contributed by atoms with Crippen LogP contribution in [0, 0.1) is 0 Å². The van der Waals surface area contributed by atoms with Gasteiger partial charge in [-0.2, -0.15) is 0 Å². The summed E-state index contributed by atoms with van der Waals surface area (Å²) < 4.78 is 2.44. The predicted molar refractivity (Wildman–Crippen MR) is 340 cm³/mol. The molecule has 17 rings (SSSR count). The number of anilines is 3. The van der Waals surface area contributed by atoms with Gasteiger partial charge in [0.2, 0.25) is 0 Å². The Labute approximate surface area is 477 Å². The maximum atomic E-state index is 2.50. The molecule has 14 aromatic rings. The van der Waals surface area contributed by atoms with Crippen molar-refractivity contribution in [2.75, 3.05) is 4.90 Å². The molecule has 0 fully saturated rings. The first kappa shape index (κ1) is 46.4. The quantitative estimate of drug-likeness (QED) is 0.147. The molecule has 3 aliphatic rings. The van der Waals surface area contributed by atoms with Gasteiger partial charge in [0.05, 0.1) is 21.9 Å². The van der Waals surface area contributed by atoms with E-state index in [4.69, 9.17) is 0 Å². The largest absolute Gasteiger partial charge is 0.310 e. The fourth-order valence-electron chi connectivity index (χ4n) is 14.9. The minimum atomic E-state index is -0.512. The molecule has 0 saturated heterocycles. The van der Waals surface area contributed by atoms with Gasteiger partial charge < -0.3 is 9.47 Å². The molecule has 1 spiro atoms. The van der Waals surface area contributed by atoms with Crippen molar-refractivity contribution in [1.29, 1.82) is 0 Å². The van der Waals surface area contributed by atoms with E-state index in [9.17, 15) is 0 Å². The minimum absolute atomic E-state index is 0.409. The van der Waals surface area contributed by atoms with Gasteiger partial charge in [-0.05, 0) is 173 Å². The summed E-state index contributed by atoms with van der Waals surface area (Å²) in [6, 6.07) is 118. The number of hydrogen-bond acceptors (Lipinski definition) is 1. The highest BCUT2D eigenvalue weighted by molar-refractivity contribution is 6.11. The summed E-state index contributed by atoms with van der Waals surface area (Å²) in [6.07, 6.45) is 0. The number of para-hydroxylation sites is 1. The lowest BCUT2D eigenvalue weighted by Gasteiger charge is -2.34. The van der Waals surface area contributed by atoms with E-state index in [0.29, 0.717) is 0 Å². The van der Waals surface area contributed by atoms with Crippen LogP contribution in [0.1, 0.15) is 44.5 Å². The van der Waals surface area contributed by atoms with Crippen LogP contribution < -0.4 is 4.90 Å². The summed E-state index contributed by atoms with van der Waals surface area (Å²) in [6.45, 7) is 0. The second kappa shape index (κ2) is 18.0. The summed E-state index contributed by atoms with van der Waals surface area (Å²) in [5.74, 6) is 0. The molecule has 0 unspecified atom stereocenters. The summed E-state index contributed by atoms with van der Waals surface area (Å²) in [5, 5.41) is 2.44. The molecular weight excluding hydrogens is 989 g/mol. The molecule has 0 atom stereocenters. The van der Waals surface area contributed by atoms with Crippen LogP contribution in [0.25, 0.3) is 83.1 Å². The van der Waals surface area contributed by atoms with Crippen molar-refractivity contribution >= 4 is 38.9 Å². The lowest BCUT2D eigenvalue weighted by molar-refractivity contribution is 0.770. The Bertz CT molecular complexity index is 4750. The monoisotopic (exact) mass is 1040 g/mol. The van der Waals surface area contributed by atoms with E-state index in [1.807, 2.05) is 0 Å². The molecule has 1 heterocycles. The van der Waals surface area contributed by atoms with Gasteiger partial charge in [0, 0.05) is 33.5 Å². The number of nitrogens with zero attached hydrogens (tertiary/aromatic N) is 2. The normalized spacial score (nSPS) is 13.6. The van der Waals surface area contributed by atoms with Gasteiger partial charge in [0.15, 0.2) is 0 Å². The molecule has 3 aliphatic carbocycles. The van der Waals surface area contributed by atoms with Crippen molar-refractivity contribution in [1.82, 2.24) is 4.57 Å². The van der Waals surface area contributed by atoms with Crippen LogP contribution >= 0.6 is 0 Å². The van der Waals surface area contributed by atoms with Gasteiger partial charge >= 0.3 is 0 Å². The number of fused-ring (bicyclic) bond motifs is 16. The van der Waals surface area contributed by atoms with Crippen LogP contribution in [0.2, 0.25) is 0 Å². The predicted octanol–water partition coefficient (Wildman–Crippen LogP) is 20.3. The Kier molecular flexibility index (Phi) is 10.2. The highest BCUT2D eigenvalue weighted by atomic mass is 15.1. The van der Waals surface area contributed by atoms with E-state index in [0.717, 1.165) is 28.3 Å². The van der Waals surface area contributed by atoms with Crippen molar-refractivity contribution < 1.29 is 0 Å². The van der Waals surface area contributed by atoms with Gasteiger partial charge in [-0.15, -0.1) is 0 Å². The third-order valence-electron chi connectivity index (χ3n) is 18.3. The van der Waals surface area contributed by atoms with Crippen molar-refractivity contribution in [2.24, 2.45) is 0 Å². The van der Waals surface area contributed by atoms with Crippen LogP contribution in [0.5, 0.6) is 0 Å². The molecular formula is C80H52N2. The van der Waals surface area contributed by atoms with Crippen molar-refractivity contribution in [3.63, 3.8) is 0 Å². The SMILES string of the molecule is c1ccc(-c2ccc(N(c3ccc(-c4ccc5c(c4)c4cc(C6(c7ccccc7)c7ccccc7-c7ccccc76)ccc4n5-c4ccccc4)cc3)c3ccc4c(c3)-c3ccccc3C43c4ccccc4-c4ccccc43)cc2)cc1. The number of hydrogen-bond donors (Lipinski definition) is 0. The highest BCUT2D eigenvalue weighted by Crippen LogP contribution is 2.63. The Morgan fingerprint density at radius 1 is 0.232 bits per heavy atom. The van der Waals surface area contributed by atoms with E-state index in [1.54, 1.807) is 0 Å². The molecule has 2 nitrogen and oxygen atoms in total. The van der Waals surface area contributed by atoms with Crippen molar-refractivity contribution in [3.8, 4) is 61.3 Å². The third-order valence-corrected chi connectivity index (χ3v) is 18.3. The lowest BCUT2D eigenvalue weighted by atomic mass is 9.67. The summed E-state index contributed by atoms with van der Waals surface area (Å²) in [5.41, 5.74) is 28.9. The average Bonchev–Trinajstić information content (AvgIpc) is 2.03. The van der Waals surface area contributed by atoms with Crippen LogP contribution in [-0.4, -0.2) is 4.57 Å². The van der Waals surface area contributed by atoms with Gasteiger partial charge in [-0.3, -0.25) is 0 Å². The third kappa shape index (κ3) is 6.52. The zero-order chi connectivity index (χ0) is 53.9. The first-order chi connectivity index (χ1) is 40.7. The average molecular weight is 1040 g/mol. The zero-order valence-corrected chi connectivity index (χ0v) is 44.9. The van der Waals surface area contributed by atoms with E-state index in [1.165, 1.54) is 116 Å². The molecule has 0 saturated carbocycles. The number of benzene rings is 13. The van der Waals surface area contributed by atoms with E-state index >= 15 is 0 Å². The maximum absolute atomic E-state index is 2.50. The zero-order valence-electron chi connectivity index (χ0n) is 44.9. The molecule has 0 N–H and O–H groups in total. The topological polar surface area (TPSA) is 8.17 Å². The molecule has 0 amide bonds. The summed E-state index contributed by atoms with van der Waals surface area (Å²) in [7, 11) is 0. The molecule has 13 aromatic carbocycles. The van der Waals surface area contributed by atoms with Gasteiger partial charge in [-0.25, -0.2) is 0 Å². The molecule has 0 bridgehead atoms. The Morgan fingerprint density at radius 2 is 0.610 bits per heavy atom. The molecule has 382 valence electrons. The van der Waals surface area contributed by atoms with Gasteiger partial charge in [-0.1, -0.05) is 243 Å². The first-order valence-corrected chi connectivity index (χ1v) is 28.6. The van der Waals surface area contributed by atoms with Crippen molar-refractivity contribution in [3.05, 3.63) is 360 Å². The number of aromatic nitrogens is 1. The lowest BCUT2D eigenvalue weighted by Crippen LogP contribution is -2.28. The highest BCUT2D eigenvalue weighted by Gasteiger charge is 2.52. The van der Waals surface area contributed by atoms with Crippen molar-refractivity contribution in [2.45, 2.75) is 10.8 Å². The minimum Gasteiger partial charge on any atom is -0.310 e. The Hall–Kier alpha value is -10.5. The fourth-order valence-corrected chi connectivity index (χ4v) is 14.9. The molecule has 0 radical (unpaired) electrons. The Morgan fingerprint density at radius 3 is 1.15 bits per heavy atom. The van der Waals surface area contributed by atoms with E-state index < -0.39 is 10.8 Å². The van der Waals surface area contributed by atoms with E-state index in [-0.39, 0.29) is 0 Å². The molecule has 1 aromatic heterocycles.